The lowest BCUT2D eigenvalue weighted by molar-refractivity contribution is 0.127. The summed E-state index contributed by atoms with van der Waals surface area (Å²) in [5.74, 6) is 3.82. The normalized spacial score (nSPS) is 36.5. The molecule has 0 spiro atoms. The van der Waals surface area contributed by atoms with Gasteiger partial charge in [0.1, 0.15) is 0 Å². The van der Waals surface area contributed by atoms with Gasteiger partial charge in [0.15, 0.2) is 0 Å². The van der Waals surface area contributed by atoms with Crippen LogP contribution >= 0.6 is 0 Å². The van der Waals surface area contributed by atoms with Gasteiger partial charge in [-0.3, -0.25) is 0 Å². The van der Waals surface area contributed by atoms with E-state index in [-0.39, 0.29) is 0 Å². The van der Waals surface area contributed by atoms with Crippen molar-refractivity contribution in [1.29, 1.82) is 0 Å². The molecule has 106 valence electrons. The van der Waals surface area contributed by atoms with Crippen LogP contribution in [0.15, 0.2) is 0 Å². The number of nitrogens with one attached hydrogen (secondary N) is 1. The summed E-state index contributed by atoms with van der Waals surface area (Å²) < 4.78 is 0. The first-order chi connectivity index (χ1) is 8.70. The molecule has 0 radical (unpaired) electrons. The molecule has 0 aliphatic heterocycles. The molecule has 0 amide bonds. The van der Waals surface area contributed by atoms with Gasteiger partial charge >= 0.3 is 0 Å². The second-order valence-corrected chi connectivity index (χ2v) is 7.16. The zero-order valence-corrected chi connectivity index (χ0v) is 12.8. The van der Waals surface area contributed by atoms with Crippen LogP contribution in [0.25, 0.3) is 0 Å². The fraction of sp³-hybridized carbons (Fsp3) is 1.00. The Kier molecular flexibility index (Phi) is 5.54. The van der Waals surface area contributed by atoms with E-state index in [1.807, 2.05) is 0 Å². The van der Waals surface area contributed by atoms with Crippen molar-refractivity contribution in [2.24, 2.45) is 23.7 Å². The van der Waals surface area contributed by atoms with Gasteiger partial charge in [-0.05, 0) is 62.3 Å². The highest BCUT2D eigenvalue weighted by molar-refractivity contribution is 4.89. The Hall–Kier alpha value is -0.0400. The standard InChI is InChI=1S/C17H33N/c1-4-18-17(15-8-6-5-7-9-15)16-11-13(2)10-14(3)12-16/h13-18H,4-12H2,1-3H3. The highest BCUT2D eigenvalue weighted by Gasteiger charge is 2.34. The van der Waals surface area contributed by atoms with E-state index in [2.05, 4.69) is 26.1 Å². The molecule has 2 fully saturated rings. The molecule has 0 heterocycles. The van der Waals surface area contributed by atoms with E-state index >= 15 is 0 Å². The van der Waals surface area contributed by atoms with Gasteiger partial charge < -0.3 is 5.32 Å². The van der Waals surface area contributed by atoms with E-state index in [1.54, 1.807) is 0 Å². The van der Waals surface area contributed by atoms with Gasteiger partial charge in [0, 0.05) is 6.04 Å². The summed E-state index contributed by atoms with van der Waals surface area (Å²) in [4.78, 5) is 0. The Morgan fingerprint density at radius 2 is 1.50 bits per heavy atom. The van der Waals surface area contributed by atoms with E-state index in [4.69, 9.17) is 0 Å². The monoisotopic (exact) mass is 251 g/mol. The fourth-order valence-electron chi connectivity index (χ4n) is 4.75. The van der Waals surface area contributed by atoms with Crippen LogP contribution in [0.4, 0.5) is 0 Å². The van der Waals surface area contributed by atoms with Crippen LogP contribution in [-0.4, -0.2) is 12.6 Å². The molecule has 0 aromatic carbocycles. The van der Waals surface area contributed by atoms with Crippen molar-refractivity contribution in [1.82, 2.24) is 5.32 Å². The molecule has 2 saturated carbocycles. The first-order valence-corrected chi connectivity index (χ1v) is 8.44. The van der Waals surface area contributed by atoms with Crippen LogP contribution in [0.1, 0.15) is 72.1 Å². The van der Waals surface area contributed by atoms with Crippen molar-refractivity contribution in [3.05, 3.63) is 0 Å². The predicted octanol–water partition coefficient (Wildman–Crippen LogP) is 4.62. The molecule has 0 aromatic heterocycles. The molecule has 2 aliphatic carbocycles. The SMILES string of the molecule is CCNC(C1CCCCC1)C1CC(C)CC(C)C1. The first-order valence-electron chi connectivity index (χ1n) is 8.44. The van der Waals surface area contributed by atoms with Crippen LogP contribution in [0.2, 0.25) is 0 Å². The Morgan fingerprint density at radius 1 is 0.889 bits per heavy atom. The summed E-state index contributed by atoms with van der Waals surface area (Å²) in [5.41, 5.74) is 0. The molecule has 3 unspecified atom stereocenters. The largest absolute Gasteiger partial charge is 0.314 e. The topological polar surface area (TPSA) is 12.0 Å². The highest BCUT2D eigenvalue weighted by Crippen LogP contribution is 2.39. The van der Waals surface area contributed by atoms with Crippen molar-refractivity contribution in [3.63, 3.8) is 0 Å². The minimum Gasteiger partial charge on any atom is -0.314 e. The lowest BCUT2D eigenvalue weighted by Gasteiger charge is -2.41. The number of hydrogen-bond donors (Lipinski definition) is 1. The summed E-state index contributed by atoms with van der Waals surface area (Å²) in [6.07, 6.45) is 11.8. The van der Waals surface area contributed by atoms with Crippen LogP contribution in [0.5, 0.6) is 0 Å². The maximum atomic E-state index is 3.86. The van der Waals surface area contributed by atoms with E-state index in [0.29, 0.717) is 0 Å². The molecular formula is C17H33N. The summed E-state index contributed by atoms with van der Waals surface area (Å²) in [6, 6.07) is 0.820. The number of hydrogen-bond acceptors (Lipinski definition) is 1. The lowest BCUT2D eigenvalue weighted by Crippen LogP contribution is -2.45. The van der Waals surface area contributed by atoms with Crippen LogP contribution in [-0.2, 0) is 0 Å². The predicted molar refractivity (Wildman–Crippen MR) is 79.7 cm³/mol. The van der Waals surface area contributed by atoms with Crippen molar-refractivity contribution in [2.75, 3.05) is 6.54 Å². The van der Waals surface area contributed by atoms with E-state index < -0.39 is 0 Å². The Bertz CT molecular complexity index is 222. The third-order valence-corrected chi connectivity index (χ3v) is 5.32. The third kappa shape index (κ3) is 3.73. The van der Waals surface area contributed by atoms with Crippen molar-refractivity contribution in [2.45, 2.75) is 78.2 Å². The Labute approximate surface area is 114 Å². The molecule has 2 aliphatic rings. The van der Waals surface area contributed by atoms with Crippen molar-refractivity contribution < 1.29 is 0 Å². The summed E-state index contributed by atoms with van der Waals surface area (Å²) in [7, 11) is 0. The average molecular weight is 251 g/mol. The lowest BCUT2D eigenvalue weighted by atomic mass is 9.69. The first kappa shape index (κ1) is 14.4. The minimum absolute atomic E-state index is 0.820. The van der Waals surface area contributed by atoms with Crippen molar-refractivity contribution >= 4 is 0 Å². The smallest absolute Gasteiger partial charge is 0.0124 e. The minimum atomic E-state index is 0.820. The van der Waals surface area contributed by atoms with E-state index in [9.17, 15) is 0 Å². The maximum absolute atomic E-state index is 3.86. The number of rotatable bonds is 4. The highest BCUT2D eigenvalue weighted by atomic mass is 14.9. The molecule has 3 atom stereocenters. The van der Waals surface area contributed by atoms with Gasteiger partial charge in [-0.2, -0.15) is 0 Å². The van der Waals surface area contributed by atoms with E-state index in [0.717, 1.165) is 36.3 Å². The summed E-state index contributed by atoms with van der Waals surface area (Å²) in [6.45, 7) is 8.37. The maximum Gasteiger partial charge on any atom is 0.0124 e. The van der Waals surface area contributed by atoms with Gasteiger partial charge in [0.2, 0.25) is 0 Å². The van der Waals surface area contributed by atoms with Gasteiger partial charge in [0.05, 0.1) is 0 Å². The fourth-order valence-corrected chi connectivity index (χ4v) is 4.75. The van der Waals surface area contributed by atoms with Crippen molar-refractivity contribution in [3.8, 4) is 0 Å². The van der Waals surface area contributed by atoms with E-state index in [1.165, 1.54) is 51.4 Å². The summed E-state index contributed by atoms with van der Waals surface area (Å²) in [5, 5.41) is 3.86. The van der Waals surface area contributed by atoms with Crippen LogP contribution in [0, 0.1) is 23.7 Å². The molecule has 1 nitrogen and oxygen atoms in total. The third-order valence-electron chi connectivity index (χ3n) is 5.32. The van der Waals surface area contributed by atoms with Crippen LogP contribution in [0.3, 0.4) is 0 Å². The Balaban J connectivity index is 1.98. The van der Waals surface area contributed by atoms with Gasteiger partial charge in [-0.25, -0.2) is 0 Å². The average Bonchev–Trinajstić information content (AvgIpc) is 2.36. The van der Waals surface area contributed by atoms with Crippen LogP contribution < -0.4 is 5.32 Å². The molecule has 0 aromatic rings. The van der Waals surface area contributed by atoms with Gasteiger partial charge in [0.25, 0.3) is 0 Å². The zero-order chi connectivity index (χ0) is 13.0. The molecule has 0 bridgehead atoms. The van der Waals surface area contributed by atoms with Gasteiger partial charge in [-0.15, -0.1) is 0 Å². The second kappa shape index (κ2) is 6.93. The molecule has 1 heteroatoms. The molecular weight excluding hydrogens is 218 g/mol. The summed E-state index contributed by atoms with van der Waals surface area (Å²) >= 11 is 0. The zero-order valence-electron chi connectivity index (χ0n) is 12.8. The molecule has 1 N–H and O–H groups in total. The Morgan fingerprint density at radius 3 is 2.06 bits per heavy atom. The molecule has 18 heavy (non-hydrogen) atoms. The second-order valence-electron chi connectivity index (χ2n) is 7.16. The molecule has 2 rings (SSSR count). The van der Waals surface area contributed by atoms with Gasteiger partial charge in [-0.1, -0.05) is 40.0 Å². The quantitative estimate of drug-likeness (QED) is 0.769. The molecule has 0 saturated heterocycles.